The lowest BCUT2D eigenvalue weighted by Crippen LogP contribution is -2.45. The van der Waals surface area contributed by atoms with Crippen molar-refractivity contribution in [3.8, 4) is 5.69 Å². The summed E-state index contributed by atoms with van der Waals surface area (Å²) in [6.45, 7) is 3.23. The van der Waals surface area contributed by atoms with Gasteiger partial charge in [0.1, 0.15) is 0 Å². The maximum atomic E-state index is 12.7. The summed E-state index contributed by atoms with van der Waals surface area (Å²) in [6, 6.07) is 7.43. The number of likely N-dealkylation sites (tertiary alicyclic amines) is 1. The summed E-state index contributed by atoms with van der Waals surface area (Å²) < 4.78 is 1.71. The number of rotatable bonds is 2. The summed E-state index contributed by atoms with van der Waals surface area (Å²) in [4.78, 5) is 14.5. The van der Waals surface area contributed by atoms with E-state index in [0.717, 1.165) is 30.8 Å². The topological polar surface area (TPSA) is 64.2 Å². The Labute approximate surface area is 134 Å². The summed E-state index contributed by atoms with van der Waals surface area (Å²) in [6.07, 6.45) is 3.71. The van der Waals surface area contributed by atoms with Crippen molar-refractivity contribution < 1.29 is 4.79 Å². The zero-order valence-corrected chi connectivity index (χ0v) is 13.3. The van der Waals surface area contributed by atoms with Gasteiger partial charge in [0.25, 0.3) is 5.91 Å². The Balaban J connectivity index is 1.85. The van der Waals surface area contributed by atoms with Gasteiger partial charge in [0, 0.05) is 30.4 Å². The van der Waals surface area contributed by atoms with Crippen LogP contribution in [0.15, 0.2) is 30.5 Å². The molecule has 2 aromatic rings. The molecule has 1 unspecified atom stereocenters. The number of carbonyl (C=O) groups is 1. The van der Waals surface area contributed by atoms with Crippen LogP contribution < -0.4 is 5.73 Å². The molecule has 0 radical (unpaired) electrons. The van der Waals surface area contributed by atoms with Crippen molar-refractivity contribution in [2.24, 2.45) is 5.73 Å². The average Bonchev–Trinajstić information content (AvgIpc) is 2.89. The molecule has 1 aliphatic heterocycles. The molecule has 116 valence electrons. The van der Waals surface area contributed by atoms with E-state index in [2.05, 4.69) is 5.10 Å². The third-order valence-corrected chi connectivity index (χ3v) is 4.22. The number of carbonyl (C=O) groups excluding carboxylic acids is 1. The Kier molecular flexibility index (Phi) is 4.18. The smallest absolute Gasteiger partial charge is 0.257 e. The number of benzene rings is 1. The molecule has 1 aromatic carbocycles. The van der Waals surface area contributed by atoms with Crippen molar-refractivity contribution in [1.82, 2.24) is 14.7 Å². The first-order valence-corrected chi connectivity index (χ1v) is 7.79. The van der Waals surface area contributed by atoms with Crippen LogP contribution in [-0.2, 0) is 0 Å². The highest BCUT2D eigenvalue weighted by atomic mass is 35.5. The average molecular weight is 319 g/mol. The van der Waals surface area contributed by atoms with E-state index in [4.69, 9.17) is 17.3 Å². The maximum Gasteiger partial charge on any atom is 0.257 e. The number of aryl methyl sites for hydroxylation is 1. The number of piperidine rings is 1. The van der Waals surface area contributed by atoms with Crippen molar-refractivity contribution in [2.45, 2.75) is 25.8 Å². The van der Waals surface area contributed by atoms with Crippen LogP contribution in [0.2, 0.25) is 5.02 Å². The molecule has 1 aromatic heterocycles. The van der Waals surface area contributed by atoms with Crippen molar-refractivity contribution in [2.75, 3.05) is 13.1 Å². The van der Waals surface area contributed by atoms with E-state index >= 15 is 0 Å². The van der Waals surface area contributed by atoms with E-state index in [1.54, 1.807) is 23.0 Å². The first-order chi connectivity index (χ1) is 10.5. The third-order valence-electron chi connectivity index (χ3n) is 3.97. The van der Waals surface area contributed by atoms with Crippen LogP contribution in [0.1, 0.15) is 28.9 Å². The number of nitrogens with zero attached hydrogens (tertiary/aromatic N) is 3. The van der Waals surface area contributed by atoms with Crippen LogP contribution >= 0.6 is 11.6 Å². The van der Waals surface area contributed by atoms with Gasteiger partial charge in [0.2, 0.25) is 0 Å². The SMILES string of the molecule is Cc1nn(-c2ccc(Cl)cc2)cc1C(=O)N1CCCC(N)C1. The summed E-state index contributed by atoms with van der Waals surface area (Å²) in [7, 11) is 0. The third kappa shape index (κ3) is 3.00. The highest BCUT2D eigenvalue weighted by Gasteiger charge is 2.25. The lowest BCUT2D eigenvalue weighted by atomic mass is 10.1. The van der Waals surface area contributed by atoms with Gasteiger partial charge in [-0.05, 0) is 44.0 Å². The molecular weight excluding hydrogens is 300 g/mol. The second-order valence-corrected chi connectivity index (χ2v) is 6.14. The Morgan fingerprint density at radius 2 is 2.09 bits per heavy atom. The molecule has 0 bridgehead atoms. The van der Waals surface area contributed by atoms with Crippen molar-refractivity contribution in [3.05, 3.63) is 46.7 Å². The van der Waals surface area contributed by atoms with Crippen molar-refractivity contribution in [3.63, 3.8) is 0 Å². The van der Waals surface area contributed by atoms with Crippen molar-refractivity contribution in [1.29, 1.82) is 0 Å². The van der Waals surface area contributed by atoms with Crippen LogP contribution in [0.5, 0.6) is 0 Å². The molecule has 6 heteroatoms. The zero-order valence-electron chi connectivity index (χ0n) is 12.5. The molecule has 1 aliphatic rings. The zero-order chi connectivity index (χ0) is 15.7. The summed E-state index contributed by atoms with van der Waals surface area (Å²) in [5, 5.41) is 5.11. The normalized spacial score (nSPS) is 18.5. The standard InChI is InChI=1S/C16H19ClN4O/c1-11-15(16(22)20-8-2-3-13(18)9-20)10-21(19-11)14-6-4-12(17)5-7-14/h4-7,10,13H,2-3,8-9,18H2,1H3. The largest absolute Gasteiger partial charge is 0.337 e. The number of hydrogen-bond acceptors (Lipinski definition) is 3. The van der Waals surface area contributed by atoms with E-state index in [0.29, 0.717) is 17.1 Å². The number of nitrogens with two attached hydrogens (primary N) is 1. The van der Waals surface area contributed by atoms with Gasteiger partial charge < -0.3 is 10.6 Å². The van der Waals surface area contributed by atoms with E-state index < -0.39 is 0 Å². The molecular formula is C16H19ClN4O. The molecule has 0 spiro atoms. The number of halogens is 1. The first kappa shape index (κ1) is 15.1. The van der Waals surface area contributed by atoms with Crippen LogP contribution in [0, 0.1) is 6.92 Å². The minimum absolute atomic E-state index is 0.00728. The monoisotopic (exact) mass is 318 g/mol. The van der Waals surface area contributed by atoms with E-state index in [-0.39, 0.29) is 11.9 Å². The Morgan fingerprint density at radius 1 is 1.36 bits per heavy atom. The van der Waals surface area contributed by atoms with Gasteiger partial charge in [-0.3, -0.25) is 4.79 Å². The summed E-state index contributed by atoms with van der Waals surface area (Å²) in [5.41, 5.74) is 8.19. The molecule has 2 heterocycles. The molecule has 22 heavy (non-hydrogen) atoms. The van der Waals surface area contributed by atoms with Gasteiger partial charge in [-0.15, -0.1) is 0 Å². The minimum Gasteiger partial charge on any atom is -0.337 e. The number of amides is 1. The van der Waals surface area contributed by atoms with E-state index in [1.165, 1.54) is 0 Å². The molecule has 1 fully saturated rings. The van der Waals surface area contributed by atoms with Crippen molar-refractivity contribution >= 4 is 17.5 Å². The van der Waals surface area contributed by atoms with E-state index in [9.17, 15) is 4.79 Å². The second-order valence-electron chi connectivity index (χ2n) is 5.70. The van der Waals surface area contributed by atoms with Gasteiger partial charge in [0.15, 0.2) is 0 Å². The Bertz CT molecular complexity index is 680. The fourth-order valence-corrected chi connectivity index (χ4v) is 2.89. The molecule has 0 aliphatic carbocycles. The van der Waals surface area contributed by atoms with E-state index in [1.807, 2.05) is 24.0 Å². The van der Waals surface area contributed by atoms with Gasteiger partial charge >= 0.3 is 0 Å². The first-order valence-electron chi connectivity index (χ1n) is 7.41. The predicted octanol–water partition coefficient (Wildman–Crippen LogP) is 2.40. The highest BCUT2D eigenvalue weighted by molar-refractivity contribution is 6.30. The fraction of sp³-hybridized carbons (Fsp3) is 0.375. The summed E-state index contributed by atoms with van der Waals surface area (Å²) in [5.74, 6) is 0.00728. The Morgan fingerprint density at radius 3 is 2.77 bits per heavy atom. The molecule has 0 saturated carbocycles. The quantitative estimate of drug-likeness (QED) is 0.924. The molecule has 2 N–H and O–H groups in total. The molecule has 5 nitrogen and oxygen atoms in total. The van der Waals surface area contributed by atoms with Crippen LogP contribution in [0.4, 0.5) is 0 Å². The van der Waals surface area contributed by atoms with Crippen LogP contribution in [0.25, 0.3) is 5.69 Å². The lowest BCUT2D eigenvalue weighted by Gasteiger charge is -2.30. The molecule has 3 rings (SSSR count). The lowest BCUT2D eigenvalue weighted by molar-refractivity contribution is 0.0708. The van der Waals surface area contributed by atoms with Crippen LogP contribution in [-0.4, -0.2) is 39.7 Å². The van der Waals surface area contributed by atoms with Gasteiger partial charge in [0.05, 0.1) is 16.9 Å². The van der Waals surface area contributed by atoms with Gasteiger partial charge in [-0.2, -0.15) is 5.10 Å². The highest BCUT2D eigenvalue weighted by Crippen LogP contribution is 2.18. The predicted molar refractivity (Wildman–Crippen MR) is 86.4 cm³/mol. The molecule has 1 atom stereocenters. The maximum absolute atomic E-state index is 12.7. The Hall–Kier alpha value is -1.85. The number of aromatic nitrogens is 2. The molecule has 1 saturated heterocycles. The minimum atomic E-state index is 0.00728. The van der Waals surface area contributed by atoms with Gasteiger partial charge in [-0.1, -0.05) is 11.6 Å². The second kappa shape index (κ2) is 6.10. The fourth-order valence-electron chi connectivity index (χ4n) is 2.76. The van der Waals surface area contributed by atoms with Gasteiger partial charge in [-0.25, -0.2) is 4.68 Å². The van der Waals surface area contributed by atoms with Crippen LogP contribution in [0.3, 0.4) is 0 Å². The molecule has 1 amide bonds. The number of hydrogen-bond donors (Lipinski definition) is 1. The summed E-state index contributed by atoms with van der Waals surface area (Å²) >= 11 is 5.90.